The van der Waals surface area contributed by atoms with E-state index < -0.39 is 21.7 Å². The van der Waals surface area contributed by atoms with E-state index in [1.807, 2.05) is 11.6 Å². The third-order valence-electron chi connectivity index (χ3n) is 3.39. The molecule has 3 aromatic rings. The van der Waals surface area contributed by atoms with Crippen LogP contribution in [0.15, 0.2) is 64.1 Å². The highest BCUT2D eigenvalue weighted by molar-refractivity contribution is 7.90. The highest BCUT2D eigenvalue weighted by Gasteiger charge is 2.21. The summed E-state index contributed by atoms with van der Waals surface area (Å²) in [6, 6.07) is 11.4. The van der Waals surface area contributed by atoms with Crippen molar-refractivity contribution in [3.63, 3.8) is 0 Å². The molecule has 3 rings (SSSR count). The molecule has 1 N–H and O–H groups in total. The SMILES string of the molecule is Cc1ccc(S(=O)(=O)NC(=O)c2coc(-c3ccc(F)cc3)n2)cc1. The van der Waals surface area contributed by atoms with Gasteiger partial charge in [0.2, 0.25) is 5.89 Å². The monoisotopic (exact) mass is 360 g/mol. The third-order valence-corrected chi connectivity index (χ3v) is 4.73. The number of amides is 1. The molecule has 0 aliphatic rings. The highest BCUT2D eigenvalue weighted by atomic mass is 32.2. The van der Waals surface area contributed by atoms with Gasteiger partial charge in [0.15, 0.2) is 5.69 Å². The number of aromatic nitrogens is 1. The van der Waals surface area contributed by atoms with E-state index in [9.17, 15) is 17.6 Å². The Morgan fingerprint density at radius 3 is 2.36 bits per heavy atom. The fourth-order valence-electron chi connectivity index (χ4n) is 2.05. The number of hydrogen-bond donors (Lipinski definition) is 1. The second-order valence-corrected chi connectivity index (χ2v) is 6.97. The standard InChI is InChI=1S/C17H13FN2O4S/c1-11-2-8-14(9-3-11)25(22,23)20-16(21)15-10-24-17(19-15)12-4-6-13(18)7-5-12/h2-10H,1H3,(H,20,21). The van der Waals surface area contributed by atoms with E-state index in [4.69, 9.17) is 4.42 Å². The number of carbonyl (C=O) groups is 1. The van der Waals surface area contributed by atoms with Gasteiger partial charge < -0.3 is 4.42 Å². The Labute approximate surface area is 143 Å². The highest BCUT2D eigenvalue weighted by Crippen LogP contribution is 2.19. The summed E-state index contributed by atoms with van der Waals surface area (Å²) in [6.07, 6.45) is 1.04. The van der Waals surface area contributed by atoms with Gasteiger partial charge in [-0.05, 0) is 43.3 Å². The number of carbonyl (C=O) groups excluding carboxylic acids is 1. The molecule has 1 aromatic heterocycles. The van der Waals surface area contributed by atoms with Crippen molar-refractivity contribution >= 4 is 15.9 Å². The molecule has 0 spiro atoms. The molecule has 8 heteroatoms. The first kappa shape index (κ1) is 16.8. The first-order valence-electron chi connectivity index (χ1n) is 7.20. The van der Waals surface area contributed by atoms with Crippen molar-refractivity contribution in [2.45, 2.75) is 11.8 Å². The number of benzene rings is 2. The maximum atomic E-state index is 12.9. The van der Waals surface area contributed by atoms with Crippen molar-refractivity contribution in [2.75, 3.05) is 0 Å². The number of oxazole rings is 1. The summed E-state index contributed by atoms with van der Waals surface area (Å²) in [5.74, 6) is -1.26. The largest absolute Gasteiger partial charge is 0.444 e. The summed E-state index contributed by atoms with van der Waals surface area (Å²) >= 11 is 0. The van der Waals surface area contributed by atoms with Crippen LogP contribution in [-0.4, -0.2) is 19.3 Å². The van der Waals surface area contributed by atoms with E-state index in [0.717, 1.165) is 11.8 Å². The van der Waals surface area contributed by atoms with Crippen LogP contribution in [0.4, 0.5) is 4.39 Å². The van der Waals surface area contributed by atoms with Gasteiger partial charge in [-0.2, -0.15) is 0 Å². The van der Waals surface area contributed by atoms with Gasteiger partial charge in [0.05, 0.1) is 4.90 Å². The number of nitrogens with zero attached hydrogens (tertiary/aromatic N) is 1. The number of rotatable bonds is 4. The van der Waals surface area contributed by atoms with Crippen LogP contribution in [0.1, 0.15) is 16.1 Å². The van der Waals surface area contributed by atoms with Crippen molar-refractivity contribution in [1.29, 1.82) is 0 Å². The molecule has 6 nitrogen and oxygen atoms in total. The minimum Gasteiger partial charge on any atom is -0.444 e. The Bertz CT molecular complexity index is 1010. The van der Waals surface area contributed by atoms with Crippen LogP contribution in [0.25, 0.3) is 11.5 Å². The summed E-state index contributed by atoms with van der Waals surface area (Å²) in [5, 5.41) is 0. The Hall–Kier alpha value is -3.00. The van der Waals surface area contributed by atoms with Crippen LogP contribution < -0.4 is 4.72 Å². The molecule has 0 saturated carbocycles. The number of hydrogen-bond acceptors (Lipinski definition) is 5. The number of sulfonamides is 1. The van der Waals surface area contributed by atoms with Crippen LogP contribution in [0.5, 0.6) is 0 Å². The molecule has 0 bridgehead atoms. The molecule has 0 unspecified atom stereocenters. The Balaban J connectivity index is 1.80. The van der Waals surface area contributed by atoms with Gasteiger partial charge in [0.1, 0.15) is 12.1 Å². The Morgan fingerprint density at radius 1 is 1.08 bits per heavy atom. The van der Waals surface area contributed by atoms with E-state index in [1.165, 1.54) is 36.4 Å². The molecule has 2 aromatic carbocycles. The summed E-state index contributed by atoms with van der Waals surface area (Å²) in [4.78, 5) is 16.0. The zero-order valence-corrected chi connectivity index (χ0v) is 13.9. The average Bonchev–Trinajstić information content (AvgIpc) is 3.06. The van der Waals surface area contributed by atoms with Crippen molar-refractivity contribution < 1.29 is 22.0 Å². The molecule has 0 saturated heterocycles. The summed E-state index contributed by atoms with van der Waals surface area (Å²) in [6.45, 7) is 1.82. The molecule has 0 aliphatic heterocycles. The van der Waals surface area contributed by atoms with E-state index in [1.54, 1.807) is 12.1 Å². The van der Waals surface area contributed by atoms with E-state index in [0.29, 0.717) is 5.56 Å². The molecule has 0 fully saturated rings. The third kappa shape index (κ3) is 3.74. The van der Waals surface area contributed by atoms with Crippen molar-refractivity contribution in [3.05, 3.63) is 71.9 Å². The number of nitrogens with one attached hydrogen (secondary N) is 1. The van der Waals surface area contributed by atoms with Gasteiger partial charge in [-0.3, -0.25) is 4.79 Å². The number of halogens is 1. The van der Waals surface area contributed by atoms with Gasteiger partial charge in [0, 0.05) is 5.56 Å². The van der Waals surface area contributed by atoms with Crippen LogP contribution >= 0.6 is 0 Å². The average molecular weight is 360 g/mol. The lowest BCUT2D eigenvalue weighted by atomic mass is 10.2. The lowest BCUT2D eigenvalue weighted by Crippen LogP contribution is -2.30. The zero-order chi connectivity index (χ0) is 18.0. The van der Waals surface area contributed by atoms with Crippen molar-refractivity contribution in [3.8, 4) is 11.5 Å². The molecule has 25 heavy (non-hydrogen) atoms. The predicted octanol–water partition coefficient (Wildman–Crippen LogP) is 2.91. The van der Waals surface area contributed by atoms with Crippen LogP contribution in [0, 0.1) is 12.7 Å². The van der Waals surface area contributed by atoms with Gasteiger partial charge in [-0.25, -0.2) is 22.5 Å². The van der Waals surface area contributed by atoms with Gasteiger partial charge >= 0.3 is 0 Å². The molecule has 0 atom stereocenters. The summed E-state index contributed by atoms with van der Waals surface area (Å²) < 4.78 is 44.4. The van der Waals surface area contributed by atoms with E-state index in [2.05, 4.69) is 4.98 Å². The maximum absolute atomic E-state index is 12.9. The fourth-order valence-corrected chi connectivity index (χ4v) is 3.01. The van der Waals surface area contributed by atoms with Gasteiger partial charge in [0.25, 0.3) is 15.9 Å². The van der Waals surface area contributed by atoms with Crippen LogP contribution in [0.3, 0.4) is 0 Å². The minimum atomic E-state index is -4.02. The van der Waals surface area contributed by atoms with Crippen LogP contribution in [0.2, 0.25) is 0 Å². The fraction of sp³-hybridized carbons (Fsp3) is 0.0588. The Kier molecular flexibility index (Phi) is 4.37. The molecule has 1 amide bonds. The summed E-state index contributed by atoms with van der Waals surface area (Å²) in [5.41, 5.74) is 1.16. The van der Waals surface area contributed by atoms with Crippen molar-refractivity contribution in [2.24, 2.45) is 0 Å². The first-order valence-corrected chi connectivity index (χ1v) is 8.69. The Morgan fingerprint density at radius 2 is 1.72 bits per heavy atom. The van der Waals surface area contributed by atoms with Crippen molar-refractivity contribution in [1.82, 2.24) is 9.71 Å². The molecule has 1 heterocycles. The quantitative estimate of drug-likeness (QED) is 0.773. The topological polar surface area (TPSA) is 89.3 Å². The van der Waals surface area contributed by atoms with Gasteiger partial charge in [-0.15, -0.1) is 0 Å². The number of aryl methyl sites for hydroxylation is 1. The van der Waals surface area contributed by atoms with Gasteiger partial charge in [-0.1, -0.05) is 17.7 Å². The van der Waals surface area contributed by atoms with E-state index >= 15 is 0 Å². The minimum absolute atomic E-state index is 0.0336. The lowest BCUT2D eigenvalue weighted by molar-refractivity contribution is 0.0976. The molecule has 0 radical (unpaired) electrons. The molecule has 128 valence electrons. The second-order valence-electron chi connectivity index (χ2n) is 5.29. The summed E-state index contributed by atoms with van der Waals surface area (Å²) in [7, 11) is -4.02. The maximum Gasteiger partial charge on any atom is 0.286 e. The zero-order valence-electron chi connectivity index (χ0n) is 13.1. The molecular weight excluding hydrogens is 347 g/mol. The predicted molar refractivity (Wildman–Crippen MR) is 87.7 cm³/mol. The second kappa shape index (κ2) is 6.48. The lowest BCUT2D eigenvalue weighted by Gasteiger charge is -2.05. The smallest absolute Gasteiger partial charge is 0.286 e. The normalized spacial score (nSPS) is 11.3. The molecular formula is C17H13FN2O4S. The first-order chi connectivity index (χ1) is 11.8. The van der Waals surface area contributed by atoms with E-state index in [-0.39, 0.29) is 16.5 Å². The van der Waals surface area contributed by atoms with Crippen LogP contribution in [-0.2, 0) is 10.0 Å². The molecule has 0 aliphatic carbocycles.